The first-order valence-electron chi connectivity index (χ1n) is 12.2. The Bertz CT molecular complexity index is 1410. The average Bonchev–Trinajstić information content (AvgIpc) is 2.87. The van der Waals surface area contributed by atoms with E-state index in [0.29, 0.717) is 5.75 Å². The van der Waals surface area contributed by atoms with Gasteiger partial charge in [-0.1, -0.05) is 6.42 Å². The molecule has 216 valence electrons. The molecule has 1 aliphatic rings. The molecule has 0 saturated carbocycles. The second-order valence-electron chi connectivity index (χ2n) is 9.06. The number of rotatable bonds is 7. The molecule has 0 bridgehead atoms. The number of benzene rings is 2. The van der Waals surface area contributed by atoms with E-state index in [0.717, 1.165) is 25.8 Å². The first-order valence-corrected chi connectivity index (χ1v) is 12.2. The zero-order chi connectivity index (χ0) is 29.6. The fourth-order valence-corrected chi connectivity index (χ4v) is 4.20. The molecule has 4 rings (SSSR count). The Kier molecular flexibility index (Phi) is 9.64. The monoisotopic (exact) mass is 566 g/mol. The minimum atomic E-state index is -4.99. The number of phenolic OH excluding ortho intramolecular Hbond substituents is 1. The highest BCUT2D eigenvalue weighted by molar-refractivity contribution is 5.87. The number of hydrogen-bond acceptors (Lipinski definition) is 9. The number of ether oxygens (including phenoxy) is 2. The number of phenols is 1. The lowest BCUT2D eigenvalue weighted by molar-refractivity contribution is -0.305. The summed E-state index contributed by atoms with van der Waals surface area (Å²) in [6.07, 6.45) is -2.94. The molecular weight excluding hydrogens is 539 g/mol. The SMILES string of the molecule is COc1ccc(Oc2c(C(F)(F)F)oc3c(CN4CCCCC4C)c(O)ccc3c2=O)cc1.O=C([O-])CC(=O)O. The second kappa shape index (κ2) is 12.7. The number of carboxylic acids is 2. The van der Waals surface area contributed by atoms with Gasteiger partial charge in [0.25, 0.3) is 5.76 Å². The van der Waals surface area contributed by atoms with Crippen molar-refractivity contribution >= 4 is 22.9 Å². The number of aliphatic carboxylic acids is 2. The van der Waals surface area contributed by atoms with E-state index < -0.39 is 41.5 Å². The predicted molar refractivity (Wildman–Crippen MR) is 133 cm³/mol. The maximum absolute atomic E-state index is 13.9. The summed E-state index contributed by atoms with van der Waals surface area (Å²) in [5.74, 6) is -5.16. The van der Waals surface area contributed by atoms with Crippen molar-refractivity contribution in [1.29, 1.82) is 0 Å². The van der Waals surface area contributed by atoms with Crippen LogP contribution in [0.4, 0.5) is 13.2 Å². The summed E-state index contributed by atoms with van der Waals surface area (Å²) in [5, 5.41) is 27.3. The van der Waals surface area contributed by atoms with Crippen molar-refractivity contribution in [2.75, 3.05) is 13.7 Å². The Morgan fingerprint density at radius 2 is 1.77 bits per heavy atom. The van der Waals surface area contributed by atoms with Gasteiger partial charge in [-0.15, -0.1) is 0 Å². The van der Waals surface area contributed by atoms with E-state index in [2.05, 4.69) is 4.90 Å². The van der Waals surface area contributed by atoms with E-state index in [1.807, 2.05) is 6.92 Å². The fraction of sp³-hybridized carbons (Fsp3) is 0.370. The van der Waals surface area contributed by atoms with E-state index >= 15 is 0 Å². The fourth-order valence-electron chi connectivity index (χ4n) is 4.20. The molecule has 40 heavy (non-hydrogen) atoms. The van der Waals surface area contributed by atoms with Gasteiger partial charge in [0.2, 0.25) is 11.2 Å². The van der Waals surface area contributed by atoms with Crippen LogP contribution in [0.1, 0.15) is 43.9 Å². The highest BCUT2D eigenvalue weighted by Crippen LogP contribution is 2.40. The number of halogens is 3. The van der Waals surface area contributed by atoms with Gasteiger partial charge >= 0.3 is 12.1 Å². The van der Waals surface area contributed by atoms with Gasteiger partial charge in [-0.2, -0.15) is 13.2 Å². The number of aromatic hydroxyl groups is 1. The maximum Gasteiger partial charge on any atom is 0.453 e. The summed E-state index contributed by atoms with van der Waals surface area (Å²) >= 11 is 0. The molecule has 2 heterocycles. The molecule has 1 unspecified atom stereocenters. The smallest absolute Gasteiger partial charge is 0.453 e. The molecule has 1 aromatic heterocycles. The third kappa shape index (κ3) is 7.44. The van der Waals surface area contributed by atoms with Crippen LogP contribution in [0.5, 0.6) is 23.0 Å². The Hall–Kier alpha value is -4.26. The molecule has 3 aromatic rings. The zero-order valence-corrected chi connectivity index (χ0v) is 21.6. The van der Waals surface area contributed by atoms with Crippen LogP contribution in [-0.2, 0) is 22.3 Å². The Labute approximate surface area is 226 Å². The molecule has 0 amide bonds. The van der Waals surface area contributed by atoms with Gasteiger partial charge in [-0.3, -0.25) is 14.5 Å². The number of likely N-dealkylation sites (tertiary alicyclic amines) is 1. The lowest BCUT2D eigenvalue weighted by Gasteiger charge is -2.33. The number of carbonyl (C=O) groups is 2. The van der Waals surface area contributed by atoms with Gasteiger partial charge in [0.05, 0.1) is 30.4 Å². The van der Waals surface area contributed by atoms with Gasteiger partial charge in [0.1, 0.15) is 22.8 Å². The molecule has 1 atom stereocenters. The van der Waals surface area contributed by atoms with Crippen LogP contribution >= 0.6 is 0 Å². The number of piperidine rings is 1. The van der Waals surface area contributed by atoms with Gasteiger partial charge in [0, 0.05) is 12.6 Å². The highest BCUT2D eigenvalue weighted by atomic mass is 19.4. The zero-order valence-electron chi connectivity index (χ0n) is 21.6. The molecule has 0 radical (unpaired) electrons. The van der Waals surface area contributed by atoms with Crippen LogP contribution < -0.4 is 20.0 Å². The lowest BCUT2D eigenvalue weighted by atomic mass is 10.0. The quantitative estimate of drug-likeness (QED) is 0.403. The van der Waals surface area contributed by atoms with Crippen LogP contribution in [0.3, 0.4) is 0 Å². The molecule has 2 aromatic carbocycles. The molecule has 1 aliphatic heterocycles. The minimum absolute atomic E-state index is 0.0223. The Morgan fingerprint density at radius 3 is 2.30 bits per heavy atom. The normalized spacial score (nSPS) is 15.7. The van der Waals surface area contributed by atoms with Crippen molar-refractivity contribution < 1.29 is 52.0 Å². The molecule has 10 nitrogen and oxygen atoms in total. The summed E-state index contributed by atoms with van der Waals surface area (Å²) in [5.41, 5.74) is -1.10. The van der Waals surface area contributed by atoms with E-state index in [1.54, 1.807) is 0 Å². The summed E-state index contributed by atoms with van der Waals surface area (Å²) in [7, 11) is 1.45. The predicted octanol–water partition coefficient (Wildman–Crippen LogP) is 3.90. The number of methoxy groups -OCH3 is 1. The summed E-state index contributed by atoms with van der Waals surface area (Å²) in [6.45, 7) is 2.94. The number of fused-ring (bicyclic) bond motifs is 1. The number of nitrogens with zero attached hydrogens (tertiary/aromatic N) is 1. The standard InChI is InChI=1S/C24H24F3NO5.C3H4O4/c1-14-5-3-4-12-28(14)13-18-19(29)11-10-17-20(30)22(23(24(25,26)27)33-21(17)18)32-16-8-6-15(31-2)7-9-16;4-2(5)1-3(6)7/h6-11,14,29H,3-5,12-13H2,1-2H3;1H2,(H,4,5)(H,6,7)/p-1. The van der Waals surface area contributed by atoms with Crippen LogP contribution in [-0.4, -0.2) is 46.7 Å². The number of hydrogen-bond donors (Lipinski definition) is 2. The Balaban J connectivity index is 0.000000559. The van der Waals surface area contributed by atoms with Crippen molar-refractivity contribution in [3.63, 3.8) is 0 Å². The van der Waals surface area contributed by atoms with E-state index in [4.69, 9.17) is 19.0 Å². The van der Waals surface area contributed by atoms with Gasteiger partial charge in [-0.25, -0.2) is 0 Å². The third-order valence-electron chi connectivity index (χ3n) is 6.23. The third-order valence-corrected chi connectivity index (χ3v) is 6.23. The van der Waals surface area contributed by atoms with Crippen molar-refractivity contribution in [2.24, 2.45) is 0 Å². The van der Waals surface area contributed by atoms with E-state index in [-0.39, 0.29) is 40.6 Å². The maximum atomic E-state index is 13.9. The summed E-state index contributed by atoms with van der Waals surface area (Å²) in [6, 6.07) is 8.53. The largest absolute Gasteiger partial charge is 0.550 e. The van der Waals surface area contributed by atoms with Gasteiger partial charge < -0.3 is 34.0 Å². The summed E-state index contributed by atoms with van der Waals surface area (Å²) < 4.78 is 57.4. The van der Waals surface area contributed by atoms with Crippen LogP contribution in [0.2, 0.25) is 0 Å². The molecule has 0 spiro atoms. The number of carbonyl (C=O) groups excluding carboxylic acids is 1. The number of carboxylic acid groups (broad SMARTS) is 2. The second-order valence-corrected chi connectivity index (χ2v) is 9.06. The van der Waals surface area contributed by atoms with E-state index in [1.165, 1.54) is 43.5 Å². The first-order chi connectivity index (χ1) is 18.8. The lowest BCUT2D eigenvalue weighted by Crippen LogP contribution is -2.36. The van der Waals surface area contributed by atoms with E-state index in [9.17, 15) is 37.8 Å². The molecule has 1 fully saturated rings. The van der Waals surface area contributed by atoms with Crippen molar-refractivity contribution in [2.45, 2.75) is 51.4 Å². The van der Waals surface area contributed by atoms with Crippen molar-refractivity contribution in [1.82, 2.24) is 4.90 Å². The first kappa shape index (κ1) is 30.3. The van der Waals surface area contributed by atoms with Crippen molar-refractivity contribution in [3.8, 4) is 23.0 Å². The van der Waals surface area contributed by atoms with Gasteiger partial charge in [-0.05, 0) is 62.7 Å². The highest BCUT2D eigenvalue weighted by Gasteiger charge is 2.41. The molecule has 1 saturated heterocycles. The molecule has 13 heteroatoms. The minimum Gasteiger partial charge on any atom is -0.550 e. The topological polar surface area (TPSA) is 150 Å². The molecule has 2 N–H and O–H groups in total. The molecular formula is C27H27F3NO9-. The average molecular weight is 567 g/mol. The van der Waals surface area contributed by atoms with Crippen molar-refractivity contribution in [3.05, 3.63) is 57.9 Å². The van der Waals surface area contributed by atoms with Crippen LogP contribution in [0.15, 0.2) is 45.6 Å². The number of alkyl halides is 3. The molecule has 0 aliphatic carbocycles. The summed E-state index contributed by atoms with van der Waals surface area (Å²) in [4.78, 5) is 33.9. The van der Waals surface area contributed by atoms with Gasteiger partial charge in [0.15, 0.2) is 0 Å². The van der Waals surface area contributed by atoms with Crippen LogP contribution in [0.25, 0.3) is 11.0 Å². The Morgan fingerprint density at radius 1 is 1.12 bits per heavy atom. The van der Waals surface area contributed by atoms with Crippen LogP contribution in [0, 0.1) is 0 Å².